The molecule has 0 aliphatic rings. The van der Waals surface area contributed by atoms with Crippen molar-refractivity contribution in [3.05, 3.63) is 81.5 Å². The van der Waals surface area contributed by atoms with Crippen LogP contribution in [0.25, 0.3) is 0 Å². The quantitative estimate of drug-likeness (QED) is 0.554. The molecule has 1 heterocycles. The van der Waals surface area contributed by atoms with Crippen LogP contribution < -0.4 is 9.46 Å². The maximum absolute atomic E-state index is 14.8. The minimum absolute atomic E-state index is 0.110. The number of halogens is 4. The summed E-state index contributed by atoms with van der Waals surface area (Å²) in [6.07, 6.45) is 1.37. The van der Waals surface area contributed by atoms with E-state index in [1.807, 2.05) is 4.72 Å². The van der Waals surface area contributed by atoms with Crippen LogP contribution in [0.5, 0.6) is 5.88 Å². The molecule has 0 atom stereocenters. The summed E-state index contributed by atoms with van der Waals surface area (Å²) in [5, 5.41) is 0.0143. The van der Waals surface area contributed by atoms with E-state index in [0.29, 0.717) is 11.4 Å². The molecule has 1 N–H and O–H groups in total. The number of rotatable bonds is 4. The van der Waals surface area contributed by atoms with E-state index < -0.39 is 32.9 Å². The van der Waals surface area contributed by atoms with Gasteiger partial charge in [-0.25, -0.2) is 22.2 Å². The Balaban J connectivity index is 1.97. The third kappa shape index (κ3) is 4.82. The Morgan fingerprint density at radius 3 is 2.50 bits per heavy atom. The van der Waals surface area contributed by atoms with Crippen LogP contribution in [-0.4, -0.2) is 20.5 Å². The van der Waals surface area contributed by atoms with Crippen molar-refractivity contribution in [3.8, 4) is 17.7 Å². The topological polar surface area (TPSA) is 68.3 Å². The smallest absolute Gasteiger partial charge is 0.263 e. The molecule has 1 aromatic heterocycles. The van der Waals surface area contributed by atoms with Gasteiger partial charge in [0, 0.05) is 22.8 Å². The van der Waals surface area contributed by atoms with E-state index in [-0.39, 0.29) is 14.9 Å². The van der Waals surface area contributed by atoms with Crippen molar-refractivity contribution in [3.63, 3.8) is 0 Å². The first-order valence-corrected chi connectivity index (χ1v) is 10.4. The van der Waals surface area contributed by atoms with Gasteiger partial charge in [-0.05, 0) is 36.4 Å². The molecule has 0 unspecified atom stereocenters. The number of aromatic nitrogens is 1. The summed E-state index contributed by atoms with van der Waals surface area (Å²) in [4.78, 5) is 3.59. The number of sulfonamides is 1. The van der Waals surface area contributed by atoms with Crippen molar-refractivity contribution in [2.45, 2.75) is 4.90 Å². The van der Waals surface area contributed by atoms with Crippen LogP contribution in [-0.2, 0) is 10.0 Å². The molecule has 0 amide bonds. The largest absolute Gasteiger partial charge is 0.481 e. The van der Waals surface area contributed by atoms with E-state index in [0.717, 1.165) is 18.2 Å². The lowest BCUT2D eigenvalue weighted by Gasteiger charge is -2.11. The highest BCUT2D eigenvalue weighted by Crippen LogP contribution is 2.28. The molecule has 0 aliphatic carbocycles. The van der Waals surface area contributed by atoms with Gasteiger partial charge in [0.25, 0.3) is 10.0 Å². The lowest BCUT2D eigenvalue weighted by molar-refractivity contribution is 0.398. The highest BCUT2D eigenvalue weighted by atomic mass is 35.5. The van der Waals surface area contributed by atoms with Gasteiger partial charge < -0.3 is 4.74 Å². The predicted molar refractivity (Wildman–Crippen MR) is 110 cm³/mol. The molecule has 0 spiro atoms. The molecule has 0 aliphatic heterocycles. The number of hydrogen-bond donors (Lipinski definition) is 1. The first-order chi connectivity index (χ1) is 14.2. The summed E-state index contributed by atoms with van der Waals surface area (Å²) in [5.74, 6) is 3.15. The third-order valence-electron chi connectivity index (χ3n) is 3.80. The standard InChI is InChI=1S/C20H12Cl2F2N2O3S/c1-29-19-9-3-12(11-25-19)2-5-14-16(23)7-8-17(20(14)24)26-30(27,28)18-10-13(21)4-6-15(18)22/h3-4,6-11,26H,1H3. The van der Waals surface area contributed by atoms with E-state index in [4.69, 9.17) is 27.9 Å². The fraction of sp³-hybridized carbons (Fsp3) is 0.0500. The van der Waals surface area contributed by atoms with Crippen LogP contribution in [0, 0.1) is 23.5 Å². The van der Waals surface area contributed by atoms with Gasteiger partial charge >= 0.3 is 0 Å². The molecule has 3 rings (SSSR count). The Labute approximate surface area is 181 Å². The minimum Gasteiger partial charge on any atom is -0.481 e. The summed E-state index contributed by atoms with van der Waals surface area (Å²) < 4.78 is 61.1. The number of anilines is 1. The van der Waals surface area contributed by atoms with Crippen LogP contribution in [0.3, 0.4) is 0 Å². The molecule has 0 fully saturated rings. The van der Waals surface area contributed by atoms with Crippen molar-refractivity contribution >= 4 is 38.9 Å². The molecule has 0 saturated carbocycles. The van der Waals surface area contributed by atoms with Crippen LogP contribution in [0.2, 0.25) is 10.0 Å². The van der Waals surface area contributed by atoms with Crippen LogP contribution in [0.4, 0.5) is 14.5 Å². The molecule has 5 nitrogen and oxygen atoms in total. The number of nitrogens with one attached hydrogen (secondary N) is 1. The van der Waals surface area contributed by atoms with Gasteiger partial charge in [-0.3, -0.25) is 4.72 Å². The summed E-state index contributed by atoms with van der Waals surface area (Å²) >= 11 is 11.7. The zero-order chi connectivity index (χ0) is 21.9. The van der Waals surface area contributed by atoms with Gasteiger partial charge in [0.1, 0.15) is 10.7 Å². The van der Waals surface area contributed by atoms with Gasteiger partial charge in [-0.2, -0.15) is 0 Å². The Bertz CT molecular complexity index is 1270. The number of benzene rings is 2. The Kier molecular flexibility index (Phi) is 6.46. The van der Waals surface area contributed by atoms with Gasteiger partial charge in [-0.15, -0.1) is 0 Å². The van der Waals surface area contributed by atoms with Crippen molar-refractivity contribution in [2.75, 3.05) is 11.8 Å². The fourth-order valence-corrected chi connectivity index (χ4v) is 4.16. The van der Waals surface area contributed by atoms with Crippen LogP contribution >= 0.6 is 23.2 Å². The monoisotopic (exact) mass is 468 g/mol. The summed E-state index contributed by atoms with van der Waals surface area (Å²) in [6.45, 7) is 0. The summed E-state index contributed by atoms with van der Waals surface area (Å²) in [6, 6.07) is 8.75. The summed E-state index contributed by atoms with van der Waals surface area (Å²) in [5.41, 5.74) is -0.723. The molecule has 0 saturated heterocycles. The second-order valence-electron chi connectivity index (χ2n) is 5.80. The van der Waals surface area contributed by atoms with Crippen molar-refractivity contribution in [2.24, 2.45) is 0 Å². The van der Waals surface area contributed by atoms with Gasteiger partial charge in [0.15, 0.2) is 5.82 Å². The first-order valence-electron chi connectivity index (χ1n) is 8.19. The van der Waals surface area contributed by atoms with Gasteiger partial charge in [0.05, 0.1) is 23.4 Å². The predicted octanol–water partition coefficient (Wildman–Crippen LogP) is 4.88. The molecular weight excluding hydrogens is 457 g/mol. The normalized spacial score (nSPS) is 10.8. The Morgan fingerprint density at radius 1 is 1.07 bits per heavy atom. The van der Waals surface area contributed by atoms with E-state index in [1.54, 1.807) is 6.07 Å². The number of methoxy groups -OCH3 is 1. The molecule has 0 bridgehead atoms. The lowest BCUT2D eigenvalue weighted by Crippen LogP contribution is -2.15. The van der Waals surface area contributed by atoms with Gasteiger partial charge in [0.2, 0.25) is 5.88 Å². The van der Waals surface area contributed by atoms with E-state index in [9.17, 15) is 17.2 Å². The molecule has 30 heavy (non-hydrogen) atoms. The zero-order valence-corrected chi connectivity index (χ0v) is 17.5. The Morgan fingerprint density at radius 2 is 1.83 bits per heavy atom. The molecule has 2 aromatic carbocycles. The fourth-order valence-electron chi connectivity index (χ4n) is 2.34. The number of nitrogens with zero attached hydrogens (tertiary/aromatic N) is 1. The van der Waals surface area contributed by atoms with E-state index >= 15 is 0 Å². The SMILES string of the molecule is COc1ccc(C#Cc2c(F)ccc(NS(=O)(=O)c3cc(Cl)ccc3Cl)c2F)cn1. The van der Waals surface area contributed by atoms with Crippen molar-refractivity contribution < 1.29 is 21.9 Å². The lowest BCUT2D eigenvalue weighted by atomic mass is 10.1. The van der Waals surface area contributed by atoms with Crippen LogP contribution in [0.1, 0.15) is 11.1 Å². The van der Waals surface area contributed by atoms with Crippen molar-refractivity contribution in [1.29, 1.82) is 0 Å². The molecule has 10 heteroatoms. The maximum atomic E-state index is 14.8. The number of hydrogen-bond acceptors (Lipinski definition) is 4. The zero-order valence-electron chi connectivity index (χ0n) is 15.2. The highest BCUT2D eigenvalue weighted by molar-refractivity contribution is 7.92. The number of pyridine rings is 1. The Hall–Kier alpha value is -2.86. The van der Waals surface area contributed by atoms with Crippen LogP contribution in [0.15, 0.2) is 53.6 Å². The second kappa shape index (κ2) is 8.88. The molecule has 3 aromatic rings. The average Bonchev–Trinajstić information content (AvgIpc) is 2.72. The minimum atomic E-state index is -4.29. The second-order valence-corrected chi connectivity index (χ2v) is 8.30. The van der Waals surface area contributed by atoms with Crippen molar-refractivity contribution in [1.82, 2.24) is 4.98 Å². The third-order valence-corrected chi connectivity index (χ3v) is 5.88. The molecule has 154 valence electrons. The summed E-state index contributed by atoms with van der Waals surface area (Å²) in [7, 11) is -2.85. The average molecular weight is 469 g/mol. The number of ether oxygens (including phenoxy) is 1. The maximum Gasteiger partial charge on any atom is 0.263 e. The van der Waals surface area contributed by atoms with E-state index in [1.165, 1.54) is 31.5 Å². The van der Waals surface area contributed by atoms with Gasteiger partial charge in [-0.1, -0.05) is 35.0 Å². The first kappa shape index (κ1) is 21.8. The molecule has 0 radical (unpaired) electrons. The molecular formula is C20H12Cl2F2N2O3S. The highest BCUT2D eigenvalue weighted by Gasteiger charge is 2.22. The van der Waals surface area contributed by atoms with E-state index in [2.05, 4.69) is 16.8 Å².